The Labute approximate surface area is 110 Å². The number of carbonyl (C=O) groups is 2. The Morgan fingerprint density at radius 1 is 1.40 bits per heavy atom. The number of alkyl carbamates (subject to hydrolysis) is 1. The van der Waals surface area contributed by atoms with Crippen LogP contribution in [0.5, 0.6) is 0 Å². The number of pyridine rings is 1. The Morgan fingerprint density at radius 2 is 2.10 bits per heavy atom. The summed E-state index contributed by atoms with van der Waals surface area (Å²) >= 11 is 0. The van der Waals surface area contributed by atoms with Crippen molar-refractivity contribution in [1.82, 2.24) is 10.3 Å². The lowest BCUT2D eigenvalue weighted by molar-refractivity contribution is -0.123. The first-order valence-electron chi connectivity index (χ1n) is 5.18. The molecule has 0 saturated carbocycles. The first kappa shape index (κ1) is 15.5. The first-order chi connectivity index (χ1) is 9.26. The zero-order valence-electron chi connectivity index (χ0n) is 9.90. The minimum atomic E-state index is -4.52. The summed E-state index contributed by atoms with van der Waals surface area (Å²) in [5.41, 5.74) is 0.367. The fraction of sp³-hybridized carbons (Fsp3) is 0.300. The molecule has 1 rings (SSSR count). The predicted molar refractivity (Wildman–Crippen MR) is 60.1 cm³/mol. The largest absolute Gasteiger partial charge is 0.465 e. The summed E-state index contributed by atoms with van der Waals surface area (Å²) in [7, 11) is 0. The highest BCUT2D eigenvalue weighted by molar-refractivity contribution is 5.81. The molecule has 7 nitrogen and oxygen atoms in total. The molecule has 0 aromatic carbocycles. The monoisotopic (exact) mass is 293 g/mol. The number of carboxylic acid groups (broad SMARTS) is 1. The van der Waals surface area contributed by atoms with Crippen LogP contribution in [0, 0.1) is 0 Å². The number of rotatable bonds is 4. The summed E-state index contributed by atoms with van der Waals surface area (Å²) in [6, 6.07) is 2.70. The number of nitrogens with zero attached hydrogens (tertiary/aromatic N) is 1. The number of ether oxygens (including phenoxy) is 1. The lowest BCUT2D eigenvalue weighted by Crippen LogP contribution is -2.34. The van der Waals surface area contributed by atoms with E-state index in [1.165, 1.54) is 23.6 Å². The normalized spacial score (nSPS) is 10.8. The summed E-state index contributed by atoms with van der Waals surface area (Å²) in [6.07, 6.45) is -5.81. The van der Waals surface area contributed by atoms with Crippen LogP contribution in [0.3, 0.4) is 0 Å². The van der Waals surface area contributed by atoms with Crippen LogP contribution in [-0.4, -0.2) is 35.0 Å². The zero-order chi connectivity index (χ0) is 15.2. The van der Waals surface area contributed by atoms with Gasteiger partial charge >= 0.3 is 18.4 Å². The van der Waals surface area contributed by atoms with E-state index in [1.54, 1.807) is 0 Å². The van der Waals surface area contributed by atoms with Crippen LogP contribution in [0.25, 0.3) is 0 Å². The van der Waals surface area contributed by atoms with E-state index < -0.39 is 24.9 Å². The van der Waals surface area contributed by atoms with E-state index in [2.05, 4.69) is 9.72 Å². The number of nitrogens with one attached hydrogen (secondary N) is 2. The van der Waals surface area contributed by atoms with Crippen molar-refractivity contribution in [2.45, 2.75) is 12.8 Å². The van der Waals surface area contributed by atoms with Gasteiger partial charge in [-0.25, -0.2) is 14.6 Å². The van der Waals surface area contributed by atoms with Gasteiger partial charge < -0.3 is 15.2 Å². The average Bonchev–Trinajstić information content (AvgIpc) is 2.32. The molecule has 0 unspecified atom stereocenters. The molecule has 0 aliphatic rings. The average molecular weight is 293 g/mol. The van der Waals surface area contributed by atoms with Crippen molar-refractivity contribution in [3.8, 4) is 0 Å². The summed E-state index contributed by atoms with van der Waals surface area (Å²) in [4.78, 5) is 25.0. The Kier molecular flexibility index (Phi) is 5.12. The Balaban J connectivity index is 2.45. The number of hydrogen-bond donors (Lipinski definition) is 3. The number of anilines is 1. The van der Waals surface area contributed by atoms with Crippen LogP contribution in [0.4, 0.5) is 28.6 Å². The third-order valence-electron chi connectivity index (χ3n) is 1.86. The molecule has 1 heterocycles. The molecule has 0 saturated heterocycles. The van der Waals surface area contributed by atoms with Crippen molar-refractivity contribution >= 4 is 18.0 Å². The molecule has 1 aromatic heterocycles. The topological polar surface area (TPSA) is 101 Å². The van der Waals surface area contributed by atoms with Gasteiger partial charge in [-0.1, -0.05) is 0 Å². The third-order valence-corrected chi connectivity index (χ3v) is 1.86. The van der Waals surface area contributed by atoms with Crippen LogP contribution < -0.4 is 10.6 Å². The van der Waals surface area contributed by atoms with E-state index in [-0.39, 0.29) is 12.4 Å². The van der Waals surface area contributed by atoms with Crippen LogP contribution in [0.15, 0.2) is 18.3 Å². The van der Waals surface area contributed by atoms with Crippen molar-refractivity contribution in [3.63, 3.8) is 0 Å². The SMILES string of the molecule is O=C(O)Nc1cc(COC(=O)NCC(F)(F)F)ccn1. The molecule has 2 amide bonds. The second kappa shape index (κ2) is 6.59. The second-order valence-electron chi connectivity index (χ2n) is 3.52. The van der Waals surface area contributed by atoms with Crippen LogP contribution in [0.1, 0.15) is 5.56 Å². The summed E-state index contributed by atoms with van der Waals surface area (Å²) in [5.74, 6) is 0.00861. The van der Waals surface area contributed by atoms with Crippen LogP contribution in [0.2, 0.25) is 0 Å². The standard InChI is InChI=1S/C10H10F3N3O4/c11-10(12,13)5-15-9(19)20-4-6-1-2-14-7(3-6)16-8(17)18/h1-3H,4-5H2,(H,14,16)(H,15,19)(H,17,18). The minimum absolute atomic E-state index is 0.00861. The molecule has 110 valence electrons. The smallest absolute Gasteiger partial charge is 0.410 e. The van der Waals surface area contributed by atoms with Gasteiger partial charge in [-0.3, -0.25) is 5.32 Å². The van der Waals surface area contributed by atoms with Crippen molar-refractivity contribution in [1.29, 1.82) is 0 Å². The molecule has 3 N–H and O–H groups in total. The van der Waals surface area contributed by atoms with Crippen LogP contribution in [-0.2, 0) is 11.3 Å². The van der Waals surface area contributed by atoms with Gasteiger partial charge in [0, 0.05) is 6.20 Å². The van der Waals surface area contributed by atoms with Gasteiger partial charge in [0.25, 0.3) is 0 Å². The van der Waals surface area contributed by atoms with Gasteiger partial charge in [-0.15, -0.1) is 0 Å². The second-order valence-corrected chi connectivity index (χ2v) is 3.52. The third kappa shape index (κ3) is 6.42. The van der Waals surface area contributed by atoms with Gasteiger partial charge in [0.15, 0.2) is 0 Å². The molecule has 0 aliphatic heterocycles. The maximum Gasteiger partial charge on any atom is 0.410 e. The molecule has 0 atom stereocenters. The van der Waals surface area contributed by atoms with E-state index in [0.29, 0.717) is 5.56 Å². The highest BCUT2D eigenvalue weighted by Crippen LogP contribution is 2.12. The maximum atomic E-state index is 11.8. The molecular weight excluding hydrogens is 283 g/mol. The Bertz CT molecular complexity index is 493. The quantitative estimate of drug-likeness (QED) is 0.787. The van der Waals surface area contributed by atoms with E-state index in [1.807, 2.05) is 5.32 Å². The molecule has 0 radical (unpaired) electrons. The Morgan fingerprint density at radius 3 is 2.70 bits per heavy atom. The molecule has 0 fully saturated rings. The molecule has 10 heteroatoms. The minimum Gasteiger partial charge on any atom is -0.465 e. The van der Waals surface area contributed by atoms with E-state index in [9.17, 15) is 22.8 Å². The lowest BCUT2D eigenvalue weighted by Gasteiger charge is -2.09. The van der Waals surface area contributed by atoms with Crippen molar-refractivity contribution in [3.05, 3.63) is 23.9 Å². The number of amides is 2. The van der Waals surface area contributed by atoms with Crippen molar-refractivity contribution in [2.24, 2.45) is 0 Å². The number of alkyl halides is 3. The summed E-state index contributed by atoms with van der Waals surface area (Å²) in [5, 5.41) is 12.0. The van der Waals surface area contributed by atoms with E-state index in [4.69, 9.17) is 5.11 Å². The Hall–Kier alpha value is -2.52. The molecular formula is C10H10F3N3O4. The van der Waals surface area contributed by atoms with E-state index >= 15 is 0 Å². The molecule has 1 aromatic rings. The highest BCUT2D eigenvalue weighted by atomic mass is 19.4. The molecule has 20 heavy (non-hydrogen) atoms. The predicted octanol–water partition coefficient (Wildman–Crippen LogP) is 1.96. The summed E-state index contributed by atoms with van der Waals surface area (Å²) < 4.78 is 40.0. The molecule has 0 bridgehead atoms. The highest BCUT2D eigenvalue weighted by Gasteiger charge is 2.27. The zero-order valence-corrected chi connectivity index (χ0v) is 9.90. The van der Waals surface area contributed by atoms with Crippen molar-refractivity contribution in [2.75, 3.05) is 11.9 Å². The fourth-order valence-corrected chi connectivity index (χ4v) is 1.11. The lowest BCUT2D eigenvalue weighted by atomic mass is 10.3. The number of carbonyl (C=O) groups excluding carboxylic acids is 1. The van der Waals surface area contributed by atoms with Gasteiger partial charge in [0.2, 0.25) is 0 Å². The summed E-state index contributed by atoms with van der Waals surface area (Å²) in [6.45, 7) is -1.81. The van der Waals surface area contributed by atoms with Gasteiger partial charge in [0.1, 0.15) is 19.0 Å². The first-order valence-corrected chi connectivity index (χ1v) is 5.18. The van der Waals surface area contributed by atoms with Crippen LogP contribution >= 0.6 is 0 Å². The molecule has 0 spiro atoms. The fourth-order valence-electron chi connectivity index (χ4n) is 1.11. The number of hydrogen-bond acceptors (Lipinski definition) is 4. The number of halogens is 3. The maximum absolute atomic E-state index is 11.8. The van der Waals surface area contributed by atoms with Gasteiger partial charge in [-0.2, -0.15) is 13.2 Å². The van der Waals surface area contributed by atoms with Gasteiger partial charge in [-0.05, 0) is 17.7 Å². The van der Waals surface area contributed by atoms with Gasteiger partial charge in [0.05, 0.1) is 0 Å². The molecule has 0 aliphatic carbocycles. The van der Waals surface area contributed by atoms with Crippen molar-refractivity contribution < 1.29 is 32.6 Å². The van der Waals surface area contributed by atoms with E-state index in [0.717, 1.165) is 0 Å². The number of aromatic nitrogens is 1.